The molecule has 2 fully saturated rings. The van der Waals surface area contributed by atoms with Gasteiger partial charge in [0.15, 0.2) is 6.29 Å². The van der Waals surface area contributed by atoms with Gasteiger partial charge in [-0.2, -0.15) is 0 Å². The van der Waals surface area contributed by atoms with Crippen LogP contribution < -0.4 is 10.6 Å². The van der Waals surface area contributed by atoms with Gasteiger partial charge < -0.3 is 50.0 Å². The zero-order valence-electron chi connectivity index (χ0n) is 21.2. The van der Waals surface area contributed by atoms with Gasteiger partial charge in [-0.25, -0.2) is 4.79 Å². The number of piperidine rings is 1. The minimum atomic E-state index is -1.59. The maximum absolute atomic E-state index is 12.8. The molecular formula is C27H36N2O9. The first-order valence-corrected chi connectivity index (χ1v) is 13.0. The molecule has 5 rings (SSSR count). The lowest BCUT2D eigenvalue weighted by molar-refractivity contribution is -0.339. The highest BCUT2D eigenvalue weighted by atomic mass is 16.8. The fourth-order valence-corrected chi connectivity index (χ4v) is 6.22. The third kappa shape index (κ3) is 4.84. The molecule has 11 nitrogen and oxygen atoms in total. The van der Waals surface area contributed by atoms with E-state index in [9.17, 15) is 25.2 Å². The van der Waals surface area contributed by atoms with Crippen molar-refractivity contribution in [3.8, 4) is 0 Å². The molecule has 6 N–H and O–H groups in total. The van der Waals surface area contributed by atoms with Crippen molar-refractivity contribution in [2.75, 3.05) is 25.6 Å². The Hall–Kier alpha value is -2.51. The summed E-state index contributed by atoms with van der Waals surface area (Å²) in [6.07, 6.45) is -3.77. The monoisotopic (exact) mass is 532 g/mol. The molecular weight excluding hydrogens is 496 g/mol. The molecule has 0 radical (unpaired) electrons. The molecule has 0 spiro atoms. The van der Waals surface area contributed by atoms with Crippen LogP contribution in [0.3, 0.4) is 0 Å². The Labute approximate surface area is 221 Å². The molecule has 4 heterocycles. The van der Waals surface area contributed by atoms with Crippen molar-refractivity contribution in [1.82, 2.24) is 5.32 Å². The van der Waals surface area contributed by atoms with Crippen LogP contribution in [0.1, 0.15) is 24.3 Å². The molecule has 0 aliphatic carbocycles. The number of anilines is 1. The third-order valence-electron chi connectivity index (χ3n) is 8.24. The normalized spacial score (nSPS) is 40.1. The van der Waals surface area contributed by atoms with E-state index in [0.29, 0.717) is 17.9 Å². The zero-order valence-corrected chi connectivity index (χ0v) is 21.2. The summed E-state index contributed by atoms with van der Waals surface area (Å²) in [7, 11) is 1.31. The van der Waals surface area contributed by atoms with Crippen molar-refractivity contribution in [3.63, 3.8) is 0 Å². The second-order valence-electron chi connectivity index (χ2n) is 10.3. The quantitative estimate of drug-likeness (QED) is 0.207. The minimum absolute atomic E-state index is 0.00710. The molecule has 4 aliphatic heterocycles. The van der Waals surface area contributed by atoms with Crippen molar-refractivity contribution in [1.29, 1.82) is 0 Å². The molecule has 38 heavy (non-hydrogen) atoms. The third-order valence-corrected chi connectivity index (χ3v) is 8.24. The van der Waals surface area contributed by atoms with E-state index in [2.05, 4.69) is 29.3 Å². The van der Waals surface area contributed by atoms with Crippen LogP contribution in [-0.2, 0) is 23.7 Å². The lowest BCUT2D eigenvalue weighted by atomic mass is 9.75. The molecule has 0 saturated carbocycles. The number of esters is 1. The summed E-state index contributed by atoms with van der Waals surface area (Å²) in [4.78, 5) is 12.8. The zero-order chi connectivity index (χ0) is 27.0. The number of ether oxygens (including phenoxy) is 4. The van der Waals surface area contributed by atoms with E-state index in [-0.39, 0.29) is 12.1 Å². The minimum Gasteiger partial charge on any atom is -0.471 e. The predicted molar refractivity (Wildman–Crippen MR) is 135 cm³/mol. The van der Waals surface area contributed by atoms with Gasteiger partial charge in [0.05, 0.1) is 25.6 Å². The number of carbonyl (C=O) groups excluding carboxylic acids is 1. The second kappa shape index (κ2) is 11.3. The fraction of sp³-hybridized carbons (Fsp3) is 0.593. The number of fused-ring (bicyclic) bond motifs is 3. The molecule has 1 aromatic rings. The maximum atomic E-state index is 12.8. The molecule has 1 aromatic carbocycles. The predicted octanol–water partition coefficient (Wildman–Crippen LogP) is -0.0356. The van der Waals surface area contributed by atoms with Crippen molar-refractivity contribution >= 4 is 11.7 Å². The van der Waals surface area contributed by atoms with Gasteiger partial charge in [-0.3, -0.25) is 0 Å². The number of hydrogen-bond donors (Lipinski definition) is 6. The number of aliphatic hydroxyl groups is 4. The molecule has 0 amide bonds. The smallest absolute Gasteiger partial charge is 0.337 e. The number of carbonyl (C=O) groups is 1. The molecule has 2 unspecified atom stereocenters. The van der Waals surface area contributed by atoms with Gasteiger partial charge in [-0.1, -0.05) is 24.3 Å². The van der Waals surface area contributed by atoms with Crippen LogP contribution in [0.4, 0.5) is 5.69 Å². The van der Waals surface area contributed by atoms with Crippen LogP contribution in [0.2, 0.25) is 0 Å². The molecule has 0 bridgehead atoms. The van der Waals surface area contributed by atoms with Crippen molar-refractivity contribution in [3.05, 3.63) is 54.3 Å². The second-order valence-corrected chi connectivity index (χ2v) is 10.3. The summed E-state index contributed by atoms with van der Waals surface area (Å²) in [5.41, 5.74) is 2.75. The Bertz CT molecular complexity index is 1050. The van der Waals surface area contributed by atoms with E-state index in [4.69, 9.17) is 18.9 Å². The van der Waals surface area contributed by atoms with E-state index in [1.54, 1.807) is 6.08 Å². The summed E-state index contributed by atoms with van der Waals surface area (Å²) in [6, 6.07) is 8.42. The first kappa shape index (κ1) is 27.1. The van der Waals surface area contributed by atoms with Gasteiger partial charge in [-0.15, -0.1) is 6.58 Å². The lowest BCUT2D eigenvalue weighted by Crippen LogP contribution is -2.60. The van der Waals surface area contributed by atoms with E-state index >= 15 is 0 Å². The molecule has 11 heteroatoms. The summed E-state index contributed by atoms with van der Waals surface area (Å²) in [5, 5.41) is 47.5. The van der Waals surface area contributed by atoms with Gasteiger partial charge in [0.25, 0.3) is 0 Å². The summed E-state index contributed by atoms with van der Waals surface area (Å²) >= 11 is 0. The first-order chi connectivity index (χ1) is 18.4. The SMILES string of the molecule is C=C[C@H]1[C@H](O[C@@H]2O[C@H](CO)[C@@H](O)[C@H](O)[C@H]2O)OC=C(C(=O)OC)[C@H]1C[C@@H]1NCCC2c3ccccc3NC21. The van der Waals surface area contributed by atoms with E-state index in [0.717, 1.165) is 18.7 Å². The Balaban J connectivity index is 1.38. The highest BCUT2D eigenvalue weighted by Gasteiger charge is 2.49. The Kier molecular flexibility index (Phi) is 8.06. The lowest BCUT2D eigenvalue weighted by Gasteiger charge is -2.44. The Morgan fingerprint density at radius 2 is 1.97 bits per heavy atom. The van der Waals surface area contributed by atoms with Crippen LogP contribution in [-0.4, -0.2) is 95.7 Å². The summed E-state index contributed by atoms with van der Waals surface area (Å²) in [6.45, 7) is 4.20. The van der Waals surface area contributed by atoms with E-state index in [1.807, 2.05) is 12.1 Å². The molecule has 208 valence electrons. The van der Waals surface area contributed by atoms with Gasteiger partial charge in [0.1, 0.15) is 24.4 Å². The number of rotatable bonds is 7. The topological polar surface area (TPSA) is 159 Å². The van der Waals surface area contributed by atoms with Crippen LogP contribution in [0.15, 0.2) is 48.8 Å². The molecule has 4 aliphatic rings. The van der Waals surface area contributed by atoms with Crippen LogP contribution in [0, 0.1) is 11.8 Å². The maximum Gasteiger partial charge on any atom is 0.337 e. The average Bonchev–Trinajstić information content (AvgIpc) is 3.33. The Morgan fingerprint density at radius 3 is 2.71 bits per heavy atom. The number of nitrogens with one attached hydrogen (secondary N) is 2. The van der Waals surface area contributed by atoms with Crippen LogP contribution in [0.5, 0.6) is 0 Å². The fourth-order valence-electron chi connectivity index (χ4n) is 6.22. The molecule has 2 saturated heterocycles. The highest BCUT2D eigenvalue weighted by molar-refractivity contribution is 5.89. The van der Waals surface area contributed by atoms with Crippen molar-refractivity contribution in [2.45, 2.75) is 67.8 Å². The standard InChI is InChI=1S/C27H36N2O9/c1-3-13-16(10-19-21-15(8-9-28-19)14-6-4-5-7-18(14)29-21)17(25(34)35-2)12-36-26(13)38-27-24(33)23(32)22(31)20(11-30)37-27/h3-7,12-13,15-16,19-24,26-33H,1,8-11H2,2H3/t13-,15?,16+,19+,20-,21?,22-,23+,24-,26+,27+/m1/s1. The molecule has 0 aromatic heterocycles. The number of para-hydroxylation sites is 1. The number of aliphatic hydroxyl groups excluding tert-OH is 4. The number of methoxy groups -OCH3 is 1. The summed E-state index contributed by atoms with van der Waals surface area (Å²) in [5.74, 6) is -1.15. The molecule has 11 atom stereocenters. The Morgan fingerprint density at radius 1 is 1.18 bits per heavy atom. The highest BCUT2D eigenvalue weighted by Crippen LogP contribution is 2.44. The van der Waals surface area contributed by atoms with Crippen molar-refractivity contribution < 1.29 is 44.2 Å². The average molecular weight is 533 g/mol. The largest absolute Gasteiger partial charge is 0.471 e. The van der Waals surface area contributed by atoms with Gasteiger partial charge in [-0.05, 0) is 31.0 Å². The van der Waals surface area contributed by atoms with Gasteiger partial charge >= 0.3 is 5.97 Å². The summed E-state index contributed by atoms with van der Waals surface area (Å²) < 4.78 is 22.3. The van der Waals surface area contributed by atoms with Crippen molar-refractivity contribution in [2.24, 2.45) is 11.8 Å². The first-order valence-electron chi connectivity index (χ1n) is 13.0. The van der Waals surface area contributed by atoms with Crippen LogP contribution >= 0.6 is 0 Å². The van der Waals surface area contributed by atoms with E-state index in [1.165, 1.54) is 18.9 Å². The van der Waals surface area contributed by atoms with E-state index < -0.39 is 61.4 Å². The van der Waals surface area contributed by atoms with Crippen LogP contribution in [0.25, 0.3) is 0 Å². The van der Waals surface area contributed by atoms with Gasteiger partial charge in [0, 0.05) is 35.5 Å². The number of hydrogen-bond acceptors (Lipinski definition) is 11. The number of benzene rings is 1. The van der Waals surface area contributed by atoms with Gasteiger partial charge in [0.2, 0.25) is 6.29 Å².